The van der Waals surface area contributed by atoms with Crippen LogP contribution in [0.2, 0.25) is 0 Å². The third kappa shape index (κ3) is 6.66. The van der Waals surface area contributed by atoms with E-state index in [0.717, 1.165) is 23.4 Å². The minimum absolute atomic E-state index is 0.0592. The second-order valence-corrected chi connectivity index (χ2v) is 14.9. The number of aromatic nitrogens is 2. The highest BCUT2D eigenvalue weighted by atomic mass is 28.3. The van der Waals surface area contributed by atoms with Gasteiger partial charge in [0.15, 0.2) is 8.07 Å². The third-order valence-corrected chi connectivity index (χ3v) is 13.1. The molecule has 4 nitrogen and oxygen atoms in total. The molecule has 0 saturated heterocycles. The largest absolute Gasteiger partial charge is 0.494 e. The van der Waals surface area contributed by atoms with E-state index in [2.05, 4.69) is 158 Å². The Morgan fingerprint density at radius 3 is 1.62 bits per heavy atom. The Balaban J connectivity index is 1.52. The van der Waals surface area contributed by atoms with E-state index in [-0.39, 0.29) is 5.82 Å². The van der Waals surface area contributed by atoms with Crippen LogP contribution in [0, 0.1) is 0 Å². The molecule has 1 heterocycles. The average Bonchev–Trinajstić information content (AvgIpc) is 3.54. The smallest absolute Gasteiger partial charge is 0.215 e. The van der Waals surface area contributed by atoms with E-state index in [1.807, 2.05) is 20.0 Å². The Morgan fingerprint density at radius 2 is 1.11 bits per heavy atom. The summed E-state index contributed by atoms with van der Waals surface area (Å²) >= 11 is 0. The van der Waals surface area contributed by atoms with Crippen molar-refractivity contribution in [2.45, 2.75) is 25.8 Å². The van der Waals surface area contributed by atoms with Crippen LogP contribution in [0.1, 0.15) is 30.8 Å². The van der Waals surface area contributed by atoms with Gasteiger partial charge in [0.25, 0.3) is 0 Å². The first-order valence-corrected chi connectivity index (χ1v) is 17.9. The SMILES string of the molecule is CCOc1cccc([Si](Cn2ccnc2[B]C(c2ccccc2)c2ccccc2)(c2ccccc2)c2cccc(OCC)c2)c1. The van der Waals surface area contributed by atoms with Crippen LogP contribution < -0.4 is 30.8 Å². The first-order chi connectivity index (χ1) is 22.2. The van der Waals surface area contributed by atoms with Gasteiger partial charge in [0, 0.05) is 18.6 Å². The van der Waals surface area contributed by atoms with Gasteiger partial charge in [-0.25, -0.2) is 0 Å². The number of hydrogen-bond donors (Lipinski definition) is 0. The number of benzene rings is 5. The maximum Gasteiger partial charge on any atom is 0.215 e. The van der Waals surface area contributed by atoms with Crippen LogP contribution in [0.4, 0.5) is 0 Å². The highest BCUT2D eigenvalue weighted by molar-refractivity contribution is 7.10. The first-order valence-electron chi connectivity index (χ1n) is 15.7. The van der Waals surface area contributed by atoms with Crippen LogP contribution in [-0.4, -0.2) is 38.1 Å². The minimum atomic E-state index is -2.75. The van der Waals surface area contributed by atoms with Gasteiger partial charge in [-0.2, -0.15) is 0 Å². The molecule has 0 amide bonds. The molecule has 0 atom stereocenters. The first kappa shape index (κ1) is 30.2. The molecule has 6 heteroatoms. The van der Waals surface area contributed by atoms with E-state index in [4.69, 9.17) is 14.5 Å². The lowest BCUT2D eigenvalue weighted by Gasteiger charge is -2.35. The Hall–Kier alpha value is -4.81. The summed E-state index contributed by atoms with van der Waals surface area (Å²) in [6, 6.07) is 49.7. The van der Waals surface area contributed by atoms with Crippen molar-refractivity contribution in [3.05, 3.63) is 163 Å². The van der Waals surface area contributed by atoms with E-state index >= 15 is 0 Å². The van der Waals surface area contributed by atoms with Gasteiger partial charge >= 0.3 is 0 Å². The van der Waals surface area contributed by atoms with Crippen molar-refractivity contribution >= 4 is 36.6 Å². The van der Waals surface area contributed by atoms with E-state index < -0.39 is 8.07 Å². The Morgan fingerprint density at radius 1 is 0.622 bits per heavy atom. The molecule has 1 aromatic heterocycles. The lowest BCUT2D eigenvalue weighted by molar-refractivity contribution is 0.340. The lowest BCUT2D eigenvalue weighted by Crippen LogP contribution is -2.70. The molecule has 0 spiro atoms. The number of nitrogens with zero attached hydrogens (tertiary/aromatic N) is 2. The van der Waals surface area contributed by atoms with Gasteiger partial charge in [-0.05, 0) is 70.6 Å². The number of imidazole rings is 1. The summed E-state index contributed by atoms with van der Waals surface area (Å²) in [5.41, 5.74) is 3.42. The molecule has 0 aliphatic heterocycles. The van der Waals surface area contributed by atoms with Crippen LogP contribution in [0.5, 0.6) is 11.5 Å². The fraction of sp³-hybridized carbons (Fsp3) is 0.154. The van der Waals surface area contributed by atoms with Crippen LogP contribution in [0.3, 0.4) is 0 Å². The molecular weight excluding hydrogens is 567 g/mol. The van der Waals surface area contributed by atoms with Crippen molar-refractivity contribution in [3.63, 3.8) is 0 Å². The van der Waals surface area contributed by atoms with E-state index in [1.54, 1.807) is 0 Å². The van der Waals surface area contributed by atoms with Crippen molar-refractivity contribution in [3.8, 4) is 11.5 Å². The standard InChI is InChI=1S/C39H38BN2O2Si/c1-3-43-33-20-14-24-36(28-33)45(35-22-12-7-13-23-35,37-25-15-21-34(29-37)44-4-2)30-42-27-26-41-39(42)40-38(31-16-8-5-9-17-31)32-18-10-6-11-19-32/h5-29,38H,3-4,30H2,1-2H3. The molecule has 0 N–H and O–H groups in total. The Bertz CT molecular complexity index is 1710. The van der Waals surface area contributed by atoms with E-state index in [1.165, 1.54) is 26.7 Å². The zero-order chi connectivity index (χ0) is 30.9. The predicted octanol–water partition coefficient (Wildman–Crippen LogP) is 5.51. The maximum absolute atomic E-state index is 6.06. The number of rotatable bonds is 13. The molecule has 0 bridgehead atoms. The topological polar surface area (TPSA) is 36.3 Å². The number of ether oxygens (including phenoxy) is 2. The summed E-state index contributed by atoms with van der Waals surface area (Å²) in [6.45, 7) is 5.29. The van der Waals surface area contributed by atoms with Crippen LogP contribution in [0.15, 0.2) is 152 Å². The van der Waals surface area contributed by atoms with Crippen LogP contribution >= 0.6 is 0 Å². The van der Waals surface area contributed by atoms with Crippen molar-refractivity contribution in [1.82, 2.24) is 9.55 Å². The minimum Gasteiger partial charge on any atom is -0.494 e. The molecule has 6 aromatic rings. The molecule has 0 aliphatic rings. The zero-order valence-electron chi connectivity index (χ0n) is 25.9. The van der Waals surface area contributed by atoms with Crippen LogP contribution in [-0.2, 0) is 6.17 Å². The average molecular weight is 606 g/mol. The monoisotopic (exact) mass is 605 g/mol. The van der Waals surface area contributed by atoms with Gasteiger partial charge in [-0.15, -0.1) is 0 Å². The summed E-state index contributed by atoms with van der Waals surface area (Å²) in [5.74, 6) is 1.83. The molecule has 0 saturated carbocycles. The summed E-state index contributed by atoms with van der Waals surface area (Å²) in [7, 11) is -0.440. The highest BCUT2D eigenvalue weighted by Gasteiger charge is 2.41. The quantitative estimate of drug-likeness (QED) is 0.129. The van der Waals surface area contributed by atoms with Gasteiger partial charge in [-0.1, -0.05) is 115 Å². The predicted molar refractivity (Wildman–Crippen MR) is 189 cm³/mol. The van der Waals surface area contributed by atoms with Gasteiger partial charge in [0.1, 0.15) is 11.5 Å². The summed E-state index contributed by atoms with van der Waals surface area (Å²) in [4.78, 5) is 4.95. The molecule has 0 unspecified atom stereocenters. The highest BCUT2D eigenvalue weighted by Crippen LogP contribution is 2.24. The number of hydrogen-bond acceptors (Lipinski definition) is 3. The molecule has 223 valence electrons. The fourth-order valence-electron chi connectivity index (χ4n) is 6.26. The molecular formula is C39H38BN2O2Si. The van der Waals surface area contributed by atoms with Crippen LogP contribution in [0.25, 0.3) is 0 Å². The van der Waals surface area contributed by atoms with E-state index in [0.29, 0.717) is 13.2 Å². The molecule has 6 rings (SSSR count). The second-order valence-electron chi connectivity index (χ2n) is 11.1. The Labute approximate surface area is 268 Å². The fourth-order valence-corrected chi connectivity index (χ4v) is 10.9. The van der Waals surface area contributed by atoms with Gasteiger partial charge < -0.3 is 14.0 Å². The maximum atomic E-state index is 6.06. The zero-order valence-corrected chi connectivity index (χ0v) is 26.9. The third-order valence-electron chi connectivity index (χ3n) is 8.33. The van der Waals surface area contributed by atoms with Gasteiger partial charge in [-0.3, -0.25) is 4.98 Å². The second kappa shape index (κ2) is 14.3. The normalized spacial score (nSPS) is 11.4. The van der Waals surface area contributed by atoms with Gasteiger partial charge in [0.2, 0.25) is 7.28 Å². The summed E-state index contributed by atoms with van der Waals surface area (Å²) in [6.07, 6.45) is 4.81. The van der Waals surface area contributed by atoms with Gasteiger partial charge in [0.05, 0.1) is 18.9 Å². The van der Waals surface area contributed by atoms with E-state index in [9.17, 15) is 0 Å². The molecule has 45 heavy (non-hydrogen) atoms. The molecule has 5 aromatic carbocycles. The molecule has 1 radical (unpaired) electrons. The summed E-state index contributed by atoms with van der Waals surface area (Å²) < 4.78 is 14.5. The lowest BCUT2D eigenvalue weighted by atomic mass is 9.58. The molecule has 0 fully saturated rings. The van der Waals surface area contributed by atoms with Crippen molar-refractivity contribution in [2.24, 2.45) is 0 Å². The Kier molecular flexibility index (Phi) is 9.62. The van der Waals surface area contributed by atoms with Crippen molar-refractivity contribution in [2.75, 3.05) is 13.2 Å². The molecule has 0 aliphatic carbocycles. The van der Waals surface area contributed by atoms with Crippen molar-refractivity contribution in [1.29, 1.82) is 0 Å². The van der Waals surface area contributed by atoms with Crippen molar-refractivity contribution < 1.29 is 9.47 Å². The summed E-state index contributed by atoms with van der Waals surface area (Å²) in [5, 5.41) is 3.86.